The highest BCUT2D eigenvalue weighted by atomic mass is 16.5. The topological polar surface area (TPSA) is 63.2 Å². The summed E-state index contributed by atoms with van der Waals surface area (Å²) in [5.41, 5.74) is 4.61. The van der Waals surface area contributed by atoms with Crippen LogP contribution in [0, 0.1) is 5.92 Å². The number of benzene rings is 3. The van der Waals surface area contributed by atoms with Gasteiger partial charge in [-0.1, -0.05) is 48.5 Å². The van der Waals surface area contributed by atoms with Gasteiger partial charge in [0, 0.05) is 48.4 Å². The summed E-state index contributed by atoms with van der Waals surface area (Å²) in [4.78, 5) is 16.0. The van der Waals surface area contributed by atoms with E-state index in [4.69, 9.17) is 4.74 Å². The van der Waals surface area contributed by atoms with E-state index < -0.39 is 0 Å². The van der Waals surface area contributed by atoms with Gasteiger partial charge in [0.25, 0.3) is 0 Å². The molecule has 6 rings (SSSR count). The Balaban J connectivity index is 1.02. The molecule has 0 spiro atoms. The number of para-hydroxylation sites is 1. The number of hydrogen-bond acceptors (Lipinski definition) is 6. The van der Waals surface area contributed by atoms with E-state index in [0.717, 1.165) is 79.9 Å². The molecule has 0 amide bonds. The lowest BCUT2D eigenvalue weighted by atomic mass is 9.97. The van der Waals surface area contributed by atoms with Gasteiger partial charge in [-0.3, -0.25) is 4.98 Å². The number of aryl methyl sites for hydroxylation is 1. The summed E-state index contributed by atoms with van der Waals surface area (Å²) in [6.07, 6.45) is 7.87. The molecule has 1 fully saturated rings. The predicted octanol–water partition coefficient (Wildman–Crippen LogP) is 6.52. The Hall–Kier alpha value is -4.19. The van der Waals surface area contributed by atoms with Crippen molar-refractivity contribution in [1.82, 2.24) is 15.0 Å². The van der Waals surface area contributed by atoms with Gasteiger partial charge < -0.3 is 15.0 Å². The summed E-state index contributed by atoms with van der Waals surface area (Å²) >= 11 is 0. The molecule has 1 aliphatic rings. The SMILES string of the molecule is c1ccc(CCCNc2ncnc3cc(OCC4CCN(c5ccnc6ccccc56)CC4)ccc23)cc1. The van der Waals surface area contributed by atoms with Crippen molar-refractivity contribution >= 4 is 33.3 Å². The molecule has 0 aliphatic carbocycles. The quantitative estimate of drug-likeness (QED) is 0.231. The number of pyridine rings is 1. The smallest absolute Gasteiger partial charge is 0.137 e. The van der Waals surface area contributed by atoms with E-state index in [1.165, 1.54) is 16.6 Å². The fourth-order valence-electron chi connectivity index (χ4n) is 5.32. The Bertz CT molecular complexity index is 1490. The van der Waals surface area contributed by atoms with E-state index in [0.29, 0.717) is 5.92 Å². The van der Waals surface area contributed by atoms with Crippen LogP contribution < -0.4 is 15.0 Å². The minimum absolute atomic E-state index is 0.544. The van der Waals surface area contributed by atoms with Crippen molar-refractivity contribution in [2.24, 2.45) is 5.92 Å². The molecule has 3 heterocycles. The van der Waals surface area contributed by atoms with E-state index in [-0.39, 0.29) is 0 Å². The largest absolute Gasteiger partial charge is 0.493 e. The molecule has 1 N–H and O–H groups in total. The van der Waals surface area contributed by atoms with E-state index >= 15 is 0 Å². The summed E-state index contributed by atoms with van der Waals surface area (Å²) in [5, 5.41) is 5.74. The van der Waals surface area contributed by atoms with E-state index in [9.17, 15) is 0 Å². The average molecular weight is 504 g/mol. The number of nitrogens with zero attached hydrogens (tertiary/aromatic N) is 4. The Morgan fingerprint density at radius 2 is 1.66 bits per heavy atom. The first-order chi connectivity index (χ1) is 18.8. The van der Waals surface area contributed by atoms with Crippen LogP contribution in [0.1, 0.15) is 24.8 Å². The Kier molecular flexibility index (Phi) is 7.29. The van der Waals surface area contributed by atoms with Crippen LogP contribution in [-0.2, 0) is 6.42 Å². The summed E-state index contributed by atoms with van der Waals surface area (Å²) in [6.45, 7) is 3.66. The average Bonchev–Trinajstić information content (AvgIpc) is 2.99. The van der Waals surface area contributed by atoms with E-state index in [2.05, 4.69) is 85.8 Å². The van der Waals surface area contributed by atoms with E-state index in [1.54, 1.807) is 6.33 Å². The number of fused-ring (bicyclic) bond motifs is 2. The number of aromatic nitrogens is 3. The van der Waals surface area contributed by atoms with Crippen molar-refractivity contribution in [2.75, 3.05) is 36.5 Å². The zero-order valence-corrected chi connectivity index (χ0v) is 21.6. The standard InChI is InChI=1S/C32H33N5O/c1-2-7-24(8-3-1)9-6-17-34-32-28-13-12-26(21-30(28)35-23-36-32)38-22-25-15-19-37(20-16-25)31-14-18-33-29-11-5-4-10-27(29)31/h1-5,7-8,10-14,18,21,23,25H,6,9,15-17,19-20,22H2,(H,34,35,36). The van der Waals surface area contributed by atoms with Crippen molar-refractivity contribution in [3.63, 3.8) is 0 Å². The van der Waals surface area contributed by atoms with Gasteiger partial charge in [-0.2, -0.15) is 0 Å². The molecule has 3 aromatic carbocycles. The molecule has 2 aromatic heterocycles. The molecule has 0 bridgehead atoms. The Morgan fingerprint density at radius 1 is 0.816 bits per heavy atom. The second-order valence-corrected chi connectivity index (χ2v) is 10.0. The number of nitrogens with one attached hydrogen (secondary N) is 1. The van der Waals surface area contributed by atoms with Crippen molar-refractivity contribution in [2.45, 2.75) is 25.7 Å². The minimum atomic E-state index is 0.544. The van der Waals surface area contributed by atoms with Crippen LogP contribution in [0.5, 0.6) is 5.75 Å². The maximum absolute atomic E-state index is 6.24. The Morgan fingerprint density at radius 3 is 2.55 bits per heavy atom. The fraction of sp³-hybridized carbons (Fsp3) is 0.281. The highest BCUT2D eigenvalue weighted by molar-refractivity contribution is 5.91. The third-order valence-corrected chi connectivity index (χ3v) is 7.45. The first kappa shape index (κ1) is 24.2. The van der Waals surface area contributed by atoms with Crippen LogP contribution in [0.4, 0.5) is 11.5 Å². The molecule has 0 radical (unpaired) electrons. The van der Waals surface area contributed by atoms with Crippen LogP contribution in [0.2, 0.25) is 0 Å². The fourth-order valence-corrected chi connectivity index (χ4v) is 5.32. The van der Waals surface area contributed by atoms with E-state index in [1.807, 2.05) is 24.4 Å². The number of piperidine rings is 1. The van der Waals surface area contributed by atoms with Crippen LogP contribution in [0.3, 0.4) is 0 Å². The van der Waals surface area contributed by atoms with Gasteiger partial charge >= 0.3 is 0 Å². The van der Waals surface area contributed by atoms with Crippen molar-refractivity contribution < 1.29 is 4.74 Å². The van der Waals surface area contributed by atoms with Crippen LogP contribution in [-0.4, -0.2) is 41.2 Å². The third kappa shape index (κ3) is 5.54. The molecule has 192 valence electrons. The molecule has 0 unspecified atom stereocenters. The molecule has 1 saturated heterocycles. The molecule has 1 aliphatic heterocycles. The summed E-state index contributed by atoms with van der Waals surface area (Å²) in [7, 11) is 0. The summed E-state index contributed by atoms with van der Waals surface area (Å²) < 4.78 is 6.24. The van der Waals surface area contributed by atoms with Gasteiger partial charge in [0.15, 0.2) is 0 Å². The van der Waals surface area contributed by atoms with Gasteiger partial charge in [0.2, 0.25) is 0 Å². The molecule has 6 heteroatoms. The first-order valence-corrected chi connectivity index (χ1v) is 13.6. The minimum Gasteiger partial charge on any atom is -0.493 e. The second kappa shape index (κ2) is 11.5. The van der Waals surface area contributed by atoms with Gasteiger partial charge in [-0.05, 0) is 61.4 Å². The van der Waals surface area contributed by atoms with Gasteiger partial charge in [-0.15, -0.1) is 0 Å². The van der Waals surface area contributed by atoms with Gasteiger partial charge in [-0.25, -0.2) is 9.97 Å². The maximum atomic E-state index is 6.24. The summed E-state index contributed by atoms with van der Waals surface area (Å²) in [5.74, 6) is 2.29. The zero-order chi connectivity index (χ0) is 25.6. The monoisotopic (exact) mass is 503 g/mol. The Labute approximate surface area is 223 Å². The normalized spacial score (nSPS) is 14.2. The van der Waals surface area contributed by atoms with Crippen LogP contribution in [0.15, 0.2) is 91.4 Å². The lowest BCUT2D eigenvalue weighted by molar-refractivity contribution is 0.223. The van der Waals surface area contributed by atoms with Crippen molar-refractivity contribution in [3.8, 4) is 5.75 Å². The predicted molar refractivity (Wildman–Crippen MR) is 155 cm³/mol. The third-order valence-electron chi connectivity index (χ3n) is 7.45. The highest BCUT2D eigenvalue weighted by Crippen LogP contribution is 2.30. The van der Waals surface area contributed by atoms with Crippen molar-refractivity contribution in [1.29, 1.82) is 0 Å². The lowest BCUT2D eigenvalue weighted by Crippen LogP contribution is -2.35. The molecule has 5 aromatic rings. The van der Waals surface area contributed by atoms with Crippen LogP contribution >= 0.6 is 0 Å². The molecule has 38 heavy (non-hydrogen) atoms. The first-order valence-electron chi connectivity index (χ1n) is 13.6. The number of ether oxygens (including phenoxy) is 1. The van der Waals surface area contributed by atoms with Gasteiger partial charge in [0.1, 0.15) is 17.9 Å². The van der Waals surface area contributed by atoms with Gasteiger partial charge in [0.05, 0.1) is 17.6 Å². The highest BCUT2D eigenvalue weighted by Gasteiger charge is 2.21. The number of rotatable bonds is 9. The molecule has 6 nitrogen and oxygen atoms in total. The zero-order valence-electron chi connectivity index (χ0n) is 21.6. The molecule has 0 saturated carbocycles. The molecular formula is C32H33N5O. The lowest BCUT2D eigenvalue weighted by Gasteiger charge is -2.34. The molecular weight excluding hydrogens is 470 g/mol. The number of hydrogen-bond donors (Lipinski definition) is 1. The summed E-state index contributed by atoms with van der Waals surface area (Å²) in [6, 6.07) is 27.3. The van der Waals surface area contributed by atoms with Crippen LogP contribution in [0.25, 0.3) is 21.8 Å². The number of anilines is 2. The van der Waals surface area contributed by atoms with Crippen molar-refractivity contribution in [3.05, 3.63) is 97.0 Å². The molecule has 0 atom stereocenters. The maximum Gasteiger partial charge on any atom is 0.137 e. The second-order valence-electron chi connectivity index (χ2n) is 10.0.